The van der Waals surface area contributed by atoms with E-state index in [9.17, 15) is 9.18 Å². The van der Waals surface area contributed by atoms with Gasteiger partial charge in [0.25, 0.3) is 0 Å². The Labute approximate surface area is 116 Å². The average molecular weight is 281 g/mol. The zero-order chi connectivity index (χ0) is 13.8. The van der Waals surface area contributed by atoms with Crippen molar-refractivity contribution in [3.05, 3.63) is 29.6 Å². The molecule has 0 unspecified atom stereocenters. The number of amides is 1. The molecule has 1 aliphatic rings. The molecular formula is C13H16FN3OS. The van der Waals surface area contributed by atoms with Crippen LogP contribution >= 0.6 is 12.2 Å². The summed E-state index contributed by atoms with van der Waals surface area (Å²) < 4.78 is 13.1. The molecule has 102 valence electrons. The lowest BCUT2D eigenvalue weighted by Crippen LogP contribution is -2.33. The second-order valence-corrected chi connectivity index (χ2v) is 4.94. The number of anilines is 1. The highest BCUT2D eigenvalue weighted by atomic mass is 32.1. The maximum absolute atomic E-state index is 13.1. The fraction of sp³-hybridized carbons (Fsp3) is 0.385. The van der Waals surface area contributed by atoms with Gasteiger partial charge < -0.3 is 16.0 Å². The second-order valence-electron chi connectivity index (χ2n) is 4.50. The number of nitrogens with two attached hydrogens (primary N) is 1. The molecule has 0 aromatic heterocycles. The van der Waals surface area contributed by atoms with Crippen LogP contribution in [0.4, 0.5) is 10.1 Å². The summed E-state index contributed by atoms with van der Waals surface area (Å²) >= 11 is 4.87. The molecule has 1 heterocycles. The zero-order valence-electron chi connectivity index (χ0n) is 10.5. The standard InChI is InChI=1S/C13H16FN3OS/c14-9-3-4-11(10(7-9)13(15)19)16-8-12(18)17-5-1-2-6-17/h3-4,7,16H,1-2,5-6,8H2,(H2,15,19). The highest BCUT2D eigenvalue weighted by Gasteiger charge is 2.17. The summed E-state index contributed by atoms with van der Waals surface area (Å²) in [6.45, 7) is 1.79. The van der Waals surface area contributed by atoms with Gasteiger partial charge in [-0.05, 0) is 31.0 Å². The largest absolute Gasteiger partial charge is 0.389 e. The van der Waals surface area contributed by atoms with Crippen molar-refractivity contribution < 1.29 is 9.18 Å². The first-order valence-corrected chi connectivity index (χ1v) is 6.60. The molecule has 0 radical (unpaired) electrons. The van der Waals surface area contributed by atoms with Gasteiger partial charge in [-0.1, -0.05) is 12.2 Å². The van der Waals surface area contributed by atoms with E-state index in [2.05, 4.69) is 5.32 Å². The van der Waals surface area contributed by atoms with E-state index in [1.54, 1.807) is 6.07 Å². The minimum Gasteiger partial charge on any atom is -0.389 e. The van der Waals surface area contributed by atoms with Crippen molar-refractivity contribution in [1.29, 1.82) is 0 Å². The van der Waals surface area contributed by atoms with Crippen molar-refractivity contribution >= 4 is 28.8 Å². The monoisotopic (exact) mass is 281 g/mol. The number of nitrogens with one attached hydrogen (secondary N) is 1. The molecule has 1 amide bonds. The Hall–Kier alpha value is -1.69. The van der Waals surface area contributed by atoms with Gasteiger partial charge in [-0.3, -0.25) is 4.79 Å². The average Bonchev–Trinajstić information content (AvgIpc) is 2.90. The van der Waals surface area contributed by atoms with E-state index in [0.717, 1.165) is 25.9 Å². The van der Waals surface area contributed by atoms with E-state index in [1.807, 2.05) is 4.90 Å². The van der Waals surface area contributed by atoms with Crippen LogP contribution in [0.1, 0.15) is 18.4 Å². The molecule has 0 spiro atoms. The van der Waals surface area contributed by atoms with Crippen LogP contribution in [-0.4, -0.2) is 35.4 Å². The Bertz CT molecular complexity index is 501. The number of hydrogen-bond acceptors (Lipinski definition) is 3. The number of halogens is 1. The number of thiocarbonyl (C=S) groups is 1. The van der Waals surface area contributed by atoms with E-state index in [0.29, 0.717) is 11.3 Å². The van der Waals surface area contributed by atoms with Crippen molar-refractivity contribution in [3.8, 4) is 0 Å². The van der Waals surface area contributed by atoms with Crippen molar-refractivity contribution in [2.24, 2.45) is 5.73 Å². The zero-order valence-corrected chi connectivity index (χ0v) is 11.3. The van der Waals surface area contributed by atoms with Gasteiger partial charge in [0.05, 0.1) is 6.54 Å². The molecule has 4 nitrogen and oxygen atoms in total. The molecule has 1 aromatic carbocycles. The number of rotatable bonds is 4. The predicted molar refractivity (Wildman–Crippen MR) is 76.6 cm³/mol. The fourth-order valence-electron chi connectivity index (χ4n) is 2.12. The molecule has 19 heavy (non-hydrogen) atoms. The summed E-state index contributed by atoms with van der Waals surface area (Å²) in [6.07, 6.45) is 2.11. The van der Waals surface area contributed by atoms with Gasteiger partial charge >= 0.3 is 0 Å². The van der Waals surface area contributed by atoms with Gasteiger partial charge in [0.1, 0.15) is 10.8 Å². The quantitative estimate of drug-likeness (QED) is 0.821. The first-order chi connectivity index (χ1) is 9.08. The van der Waals surface area contributed by atoms with Crippen LogP contribution in [-0.2, 0) is 4.79 Å². The van der Waals surface area contributed by atoms with E-state index < -0.39 is 5.82 Å². The molecule has 2 rings (SSSR count). The van der Waals surface area contributed by atoms with E-state index in [4.69, 9.17) is 18.0 Å². The molecular weight excluding hydrogens is 265 g/mol. The van der Waals surface area contributed by atoms with Crippen molar-refractivity contribution in [3.63, 3.8) is 0 Å². The third-order valence-corrected chi connectivity index (χ3v) is 3.36. The third kappa shape index (κ3) is 3.41. The summed E-state index contributed by atoms with van der Waals surface area (Å²) in [5.41, 5.74) is 6.55. The molecule has 1 aromatic rings. The number of carbonyl (C=O) groups is 1. The first kappa shape index (κ1) is 13.7. The van der Waals surface area contributed by atoms with Crippen LogP contribution in [0.3, 0.4) is 0 Å². The summed E-state index contributed by atoms with van der Waals surface area (Å²) in [4.78, 5) is 13.8. The number of likely N-dealkylation sites (tertiary alicyclic amines) is 1. The molecule has 3 N–H and O–H groups in total. The van der Waals surface area contributed by atoms with E-state index in [1.165, 1.54) is 12.1 Å². The number of nitrogens with zero attached hydrogens (tertiary/aromatic N) is 1. The number of hydrogen-bond donors (Lipinski definition) is 2. The summed E-state index contributed by atoms with van der Waals surface area (Å²) in [7, 11) is 0. The number of carbonyl (C=O) groups excluding carboxylic acids is 1. The van der Waals surface area contributed by atoms with Crippen LogP contribution in [0.25, 0.3) is 0 Å². The van der Waals surface area contributed by atoms with Gasteiger partial charge in [-0.2, -0.15) is 0 Å². The lowest BCUT2D eigenvalue weighted by atomic mass is 10.1. The Kier molecular flexibility index (Phi) is 4.31. The molecule has 0 aliphatic carbocycles. The Balaban J connectivity index is 2.02. The Morgan fingerprint density at radius 3 is 2.74 bits per heavy atom. The first-order valence-electron chi connectivity index (χ1n) is 6.19. The van der Waals surface area contributed by atoms with Gasteiger partial charge in [-0.25, -0.2) is 4.39 Å². The highest BCUT2D eigenvalue weighted by molar-refractivity contribution is 7.80. The Morgan fingerprint density at radius 2 is 2.11 bits per heavy atom. The fourth-order valence-corrected chi connectivity index (χ4v) is 2.29. The predicted octanol–water partition coefficient (Wildman–Crippen LogP) is 1.49. The van der Waals surface area contributed by atoms with E-state index >= 15 is 0 Å². The molecule has 1 saturated heterocycles. The van der Waals surface area contributed by atoms with Gasteiger partial charge in [0.2, 0.25) is 5.91 Å². The summed E-state index contributed by atoms with van der Waals surface area (Å²) in [5.74, 6) is -0.366. The maximum Gasteiger partial charge on any atom is 0.241 e. The topological polar surface area (TPSA) is 58.4 Å². The lowest BCUT2D eigenvalue weighted by Gasteiger charge is -2.17. The summed E-state index contributed by atoms with van der Waals surface area (Å²) in [6, 6.07) is 4.12. The Morgan fingerprint density at radius 1 is 1.42 bits per heavy atom. The number of benzene rings is 1. The van der Waals surface area contributed by atoms with Gasteiger partial charge in [0.15, 0.2) is 0 Å². The molecule has 1 fully saturated rings. The molecule has 0 saturated carbocycles. The highest BCUT2D eigenvalue weighted by Crippen LogP contribution is 2.17. The van der Waals surface area contributed by atoms with Crippen LogP contribution < -0.4 is 11.1 Å². The maximum atomic E-state index is 13.1. The van der Waals surface area contributed by atoms with Crippen molar-refractivity contribution in [1.82, 2.24) is 4.90 Å². The molecule has 6 heteroatoms. The van der Waals surface area contributed by atoms with Crippen LogP contribution in [0.15, 0.2) is 18.2 Å². The lowest BCUT2D eigenvalue weighted by molar-refractivity contribution is -0.128. The molecule has 1 aliphatic heterocycles. The van der Waals surface area contributed by atoms with Gasteiger partial charge in [-0.15, -0.1) is 0 Å². The smallest absolute Gasteiger partial charge is 0.241 e. The third-order valence-electron chi connectivity index (χ3n) is 3.14. The van der Waals surface area contributed by atoms with Crippen molar-refractivity contribution in [2.75, 3.05) is 25.0 Å². The minimum absolute atomic E-state index is 0.0377. The molecule has 0 bridgehead atoms. The van der Waals surface area contributed by atoms with E-state index in [-0.39, 0.29) is 17.4 Å². The van der Waals surface area contributed by atoms with Gasteiger partial charge in [0, 0.05) is 24.3 Å². The minimum atomic E-state index is -0.404. The SMILES string of the molecule is NC(=S)c1cc(F)ccc1NCC(=O)N1CCCC1. The summed E-state index contributed by atoms with van der Waals surface area (Å²) in [5, 5.41) is 2.97. The van der Waals surface area contributed by atoms with Crippen LogP contribution in [0.2, 0.25) is 0 Å². The second kappa shape index (κ2) is 5.97. The van der Waals surface area contributed by atoms with Crippen LogP contribution in [0.5, 0.6) is 0 Å². The van der Waals surface area contributed by atoms with Crippen LogP contribution in [0, 0.1) is 5.82 Å². The molecule has 0 atom stereocenters. The van der Waals surface area contributed by atoms with Crippen molar-refractivity contribution in [2.45, 2.75) is 12.8 Å². The normalized spacial score (nSPS) is 14.5.